The predicted octanol–water partition coefficient (Wildman–Crippen LogP) is 3.07. The molecule has 4 aliphatic carbocycles. The zero-order chi connectivity index (χ0) is 37.3. The molecule has 286 valence electrons. The van der Waals surface area contributed by atoms with E-state index in [9.17, 15) is 34.2 Å². The van der Waals surface area contributed by atoms with Crippen LogP contribution < -0.4 is 22.4 Å². The second-order valence-corrected chi connectivity index (χ2v) is 16.1. The summed E-state index contributed by atoms with van der Waals surface area (Å²) in [7, 11) is 0. The van der Waals surface area contributed by atoms with Gasteiger partial charge < -0.3 is 45.7 Å². The first-order valence-corrected chi connectivity index (χ1v) is 19.0. The van der Waals surface area contributed by atoms with Gasteiger partial charge in [-0.1, -0.05) is 19.8 Å². The van der Waals surface area contributed by atoms with E-state index in [1.807, 2.05) is 6.07 Å². The Morgan fingerprint density at radius 1 is 1.06 bits per heavy atom. The van der Waals surface area contributed by atoms with Crippen LogP contribution in [0.15, 0.2) is 32.6 Å². The van der Waals surface area contributed by atoms with Crippen molar-refractivity contribution in [1.29, 1.82) is 0 Å². The van der Waals surface area contributed by atoms with Gasteiger partial charge in [-0.3, -0.25) is 14.6 Å². The summed E-state index contributed by atoms with van der Waals surface area (Å²) in [4.78, 5) is 65.2. The van der Waals surface area contributed by atoms with Crippen LogP contribution in [0.3, 0.4) is 0 Å². The number of carboxylic acid groups (broad SMARTS) is 1. The minimum Gasteiger partial charge on any atom is -0.480 e. The van der Waals surface area contributed by atoms with E-state index in [1.54, 1.807) is 6.26 Å². The number of aldehydes is 1. The van der Waals surface area contributed by atoms with Crippen molar-refractivity contribution in [3.63, 3.8) is 0 Å². The summed E-state index contributed by atoms with van der Waals surface area (Å²) in [5, 5.41) is 24.2. The number of epoxide rings is 1. The van der Waals surface area contributed by atoms with Gasteiger partial charge in [0.25, 0.3) is 0 Å². The fourth-order valence-electron chi connectivity index (χ4n) is 10.9. The largest absolute Gasteiger partial charge is 0.480 e. The molecule has 10 atom stereocenters. The Bertz CT molecular complexity index is 1590. The van der Waals surface area contributed by atoms with Crippen LogP contribution in [0, 0.1) is 22.7 Å². The number of hydrogen-bond acceptors (Lipinski definition) is 10. The Morgan fingerprint density at radius 2 is 1.81 bits per heavy atom. The second-order valence-electron chi connectivity index (χ2n) is 16.1. The van der Waals surface area contributed by atoms with Crippen molar-refractivity contribution >= 4 is 30.1 Å². The third-order valence-electron chi connectivity index (χ3n) is 13.5. The maximum atomic E-state index is 13.1. The third-order valence-corrected chi connectivity index (χ3v) is 13.5. The van der Waals surface area contributed by atoms with E-state index in [0.29, 0.717) is 51.4 Å². The molecule has 6 rings (SSSR count). The number of nitrogens with one attached hydrogen (secondary N) is 1. The van der Waals surface area contributed by atoms with Crippen molar-refractivity contribution in [2.75, 3.05) is 6.54 Å². The minimum absolute atomic E-state index is 0.0288. The third kappa shape index (κ3) is 6.88. The van der Waals surface area contributed by atoms with Crippen molar-refractivity contribution < 1.29 is 43.3 Å². The molecule has 0 aromatic carbocycles. The van der Waals surface area contributed by atoms with E-state index in [-0.39, 0.29) is 90.6 Å². The topological polar surface area (TPSA) is 237 Å². The zero-order valence-electron chi connectivity index (χ0n) is 30.1. The Kier molecular flexibility index (Phi) is 10.9. The second kappa shape index (κ2) is 14.9. The maximum absolute atomic E-state index is 13.1. The minimum atomic E-state index is -1.26. The van der Waals surface area contributed by atoms with Crippen LogP contribution in [0.25, 0.3) is 0 Å². The number of nitrogens with two attached hydrogens (primary N) is 2. The lowest BCUT2D eigenvalue weighted by atomic mass is 9.42. The quantitative estimate of drug-likeness (QED) is 0.0413. The lowest BCUT2D eigenvalue weighted by Gasteiger charge is -2.63. The van der Waals surface area contributed by atoms with Gasteiger partial charge in [0.1, 0.15) is 24.0 Å². The molecule has 1 aromatic heterocycles. The number of carbonyl (C=O) groups is 4. The molecule has 0 unspecified atom stereocenters. The summed E-state index contributed by atoms with van der Waals surface area (Å²) in [6.07, 6.45) is 10.6. The average molecular weight is 727 g/mol. The monoisotopic (exact) mass is 726 g/mol. The summed E-state index contributed by atoms with van der Waals surface area (Å²) >= 11 is 0. The Morgan fingerprint density at radius 3 is 2.50 bits per heavy atom. The Labute approximate surface area is 303 Å². The highest BCUT2D eigenvalue weighted by Crippen LogP contribution is 2.78. The molecule has 5 aliphatic rings. The van der Waals surface area contributed by atoms with Crippen LogP contribution in [0.5, 0.6) is 0 Å². The number of amides is 1. The van der Waals surface area contributed by atoms with Crippen LogP contribution >= 0.6 is 0 Å². The molecule has 0 bridgehead atoms. The summed E-state index contributed by atoms with van der Waals surface area (Å²) < 4.78 is 17.7. The molecule has 14 heteroatoms. The molecule has 5 fully saturated rings. The molecular weight excluding hydrogens is 672 g/mol. The van der Waals surface area contributed by atoms with Gasteiger partial charge in [-0.25, -0.2) is 9.59 Å². The number of aliphatic hydroxyl groups is 1. The lowest BCUT2D eigenvalue weighted by Crippen LogP contribution is -2.67. The highest BCUT2D eigenvalue weighted by atomic mass is 16.6. The van der Waals surface area contributed by atoms with Crippen LogP contribution in [-0.4, -0.2) is 76.3 Å². The molecule has 52 heavy (non-hydrogen) atoms. The highest BCUT2D eigenvalue weighted by molar-refractivity contribution is 5.83. The molecular formula is C38H54N4O10. The van der Waals surface area contributed by atoms with Crippen molar-refractivity contribution in [2.24, 2.45) is 39.1 Å². The van der Waals surface area contributed by atoms with Crippen LogP contribution in [-0.2, 0) is 28.7 Å². The predicted molar refractivity (Wildman–Crippen MR) is 188 cm³/mol. The number of aliphatic imine (C=N–C) groups is 1. The molecule has 7 N–H and O–H groups in total. The van der Waals surface area contributed by atoms with Gasteiger partial charge in [0.15, 0.2) is 5.96 Å². The van der Waals surface area contributed by atoms with Crippen molar-refractivity contribution in [3.8, 4) is 0 Å². The number of ether oxygens (including phenoxy) is 2. The van der Waals surface area contributed by atoms with E-state index in [0.717, 1.165) is 37.5 Å². The first-order valence-electron chi connectivity index (χ1n) is 19.0. The van der Waals surface area contributed by atoms with Gasteiger partial charge in [-0.05, 0) is 100 Å². The highest BCUT2D eigenvalue weighted by Gasteiger charge is 2.82. The van der Waals surface area contributed by atoms with Crippen molar-refractivity contribution in [1.82, 2.24) is 5.32 Å². The molecule has 4 saturated carbocycles. The van der Waals surface area contributed by atoms with Crippen molar-refractivity contribution in [2.45, 2.75) is 145 Å². The maximum Gasteiger partial charge on any atom is 0.335 e. The van der Waals surface area contributed by atoms with Gasteiger partial charge in [0.05, 0.1) is 23.4 Å². The standard InChI is InChI=1S/C38H54N4O10/c1-35-15-13-25-26(38(35)29(52-38)19-27(35)23-10-11-31(45)50-21-23)14-17-37(49)20-24(12-16-36(25,37)22-43)51-32(46)9-5-3-2-4-8-30(44)42-28(33(47)48)7-6-18-41-34(39)40/h10-11,21-22,24-29,49H,2-9,12-20H2,1H3,(H,42,44)(H,47,48)(H4,39,40,41)/t24-,25-,26+,27+,28-,29+,35+,36-,37-,38+/m0/s1. The van der Waals surface area contributed by atoms with Crippen LogP contribution in [0.1, 0.15) is 121 Å². The number of unbranched alkanes of at least 4 members (excludes halogenated alkanes) is 3. The SMILES string of the molecule is C[C@]12CC[C@H]3[C@@H](CC[C@]4(O)C[C@@H](OC(=O)CCCCCCC(=O)N[C@@H](CCCN=C(N)N)C(=O)O)CC[C@]34C=O)[C@]13O[C@@H]3C[C@@H]2c1ccc(=O)oc1. The first-order chi connectivity index (χ1) is 24.8. The van der Waals surface area contributed by atoms with E-state index in [1.165, 1.54) is 6.07 Å². The number of guanidine groups is 1. The van der Waals surface area contributed by atoms with Crippen LogP contribution in [0.2, 0.25) is 0 Å². The summed E-state index contributed by atoms with van der Waals surface area (Å²) in [6.45, 7) is 2.57. The fourth-order valence-corrected chi connectivity index (χ4v) is 10.9. The van der Waals surface area contributed by atoms with Gasteiger partial charge in [-0.15, -0.1) is 0 Å². The molecule has 1 amide bonds. The number of nitrogens with zero attached hydrogens (tertiary/aromatic N) is 1. The van der Waals surface area contributed by atoms with E-state index in [2.05, 4.69) is 17.2 Å². The number of carbonyl (C=O) groups excluding carboxylic acids is 3. The first kappa shape index (κ1) is 38.0. The molecule has 1 aliphatic heterocycles. The van der Waals surface area contributed by atoms with E-state index in [4.69, 9.17) is 25.4 Å². The van der Waals surface area contributed by atoms with Gasteiger partial charge >= 0.3 is 17.6 Å². The number of fused-ring (bicyclic) bond motifs is 3. The number of esters is 1. The van der Waals surface area contributed by atoms with E-state index >= 15 is 0 Å². The average Bonchev–Trinajstić information content (AvgIpc) is 3.76. The Balaban J connectivity index is 0.950. The lowest BCUT2D eigenvalue weighted by molar-refractivity contribution is -0.222. The molecule has 1 spiro atoms. The van der Waals surface area contributed by atoms with Gasteiger partial charge in [-0.2, -0.15) is 0 Å². The van der Waals surface area contributed by atoms with E-state index < -0.39 is 29.1 Å². The molecule has 2 heterocycles. The normalized spacial score (nSPS) is 36.2. The Hall–Kier alpha value is -3.78. The number of carboxylic acids is 1. The summed E-state index contributed by atoms with van der Waals surface area (Å²) in [5.41, 5.74) is 8.48. The summed E-state index contributed by atoms with van der Waals surface area (Å²) in [5.74, 6) is -1.56. The summed E-state index contributed by atoms with van der Waals surface area (Å²) in [6, 6.07) is 2.33. The number of rotatable bonds is 16. The number of hydrogen-bond donors (Lipinski definition) is 5. The zero-order valence-corrected chi connectivity index (χ0v) is 30.1. The van der Waals surface area contributed by atoms with Gasteiger partial charge in [0.2, 0.25) is 5.91 Å². The van der Waals surface area contributed by atoms with Crippen molar-refractivity contribution in [3.05, 3.63) is 34.4 Å². The molecule has 1 saturated heterocycles. The number of aliphatic carboxylic acids is 1. The fraction of sp³-hybridized carbons (Fsp3) is 0.737. The molecule has 0 radical (unpaired) electrons. The molecule has 1 aromatic rings. The van der Waals surface area contributed by atoms with Gasteiger partial charge in [0, 0.05) is 37.3 Å². The van der Waals surface area contributed by atoms with Crippen LogP contribution in [0.4, 0.5) is 0 Å². The molecule has 14 nitrogen and oxygen atoms in total. The smallest absolute Gasteiger partial charge is 0.335 e.